The fourth-order valence-electron chi connectivity index (χ4n) is 5.44. The van der Waals surface area contributed by atoms with Gasteiger partial charge in [0.15, 0.2) is 5.70 Å². The van der Waals surface area contributed by atoms with Crippen LogP contribution in [0.4, 0.5) is 0 Å². The fraction of sp³-hybridized carbons (Fsp3) is 0.240. The first kappa shape index (κ1) is 19.3. The zero-order valence-electron chi connectivity index (χ0n) is 17.8. The van der Waals surface area contributed by atoms with Crippen molar-refractivity contribution >= 4 is 17.7 Å². The van der Waals surface area contributed by atoms with Crippen LogP contribution < -0.4 is 0 Å². The number of fused-ring (bicyclic) bond motifs is 7. The van der Waals surface area contributed by atoms with E-state index in [2.05, 4.69) is 0 Å². The predicted octanol–water partition coefficient (Wildman–Crippen LogP) is 3.57. The molecule has 3 aliphatic rings. The van der Waals surface area contributed by atoms with Crippen molar-refractivity contribution in [2.45, 2.75) is 24.8 Å². The van der Waals surface area contributed by atoms with Crippen LogP contribution in [0.2, 0.25) is 0 Å². The van der Waals surface area contributed by atoms with Gasteiger partial charge in [-0.3, -0.25) is 0 Å². The maximum absolute atomic E-state index is 13.4. The number of benzene rings is 2. The number of ether oxygens (including phenoxy) is 2. The van der Waals surface area contributed by atoms with Gasteiger partial charge in [0.05, 0.1) is 36.5 Å². The Morgan fingerprint density at radius 2 is 1.45 bits per heavy atom. The minimum absolute atomic E-state index is 0.104. The number of carbonyl (C=O) groups is 2. The molecule has 0 saturated carbocycles. The smallest absolute Gasteiger partial charge is 0.356 e. The van der Waals surface area contributed by atoms with Crippen molar-refractivity contribution in [2.24, 2.45) is 5.10 Å². The molecule has 1 unspecified atom stereocenters. The van der Waals surface area contributed by atoms with Gasteiger partial charge in [0.2, 0.25) is 0 Å². The molecule has 6 heteroatoms. The lowest BCUT2D eigenvalue weighted by Gasteiger charge is -2.46. The van der Waals surface area contributed by atoms with Gasteiger partial charge in [0.1, 0.15) is 0 Å². The normalized spacial score (nSPS) is 22.1. The number of hydrogen-bond donors (Lipinski definition) is 0. The summed E-state index contributed by atoms with van der Waals surface area (Å²) in [6.07, 6.45) is 3.95. The van der Waals surface area contributed by atoms with Gasteiger partial charge in [0.25, 0.3) is 0 Å². The van der Waals surface area contributed by atoms with Crippen molar-refractivity contribution in [1.82, 2.24) is 5.01 Å². The topological polar surface area (TPSA) is 68.2 Å². The minimum Gasteiger partial charge on any atom is -0.466 e. The molecular formula is C25H22N2O4. The average molecular weight is 414 g/mol. The zero-order valence-corrected chi connectivity index (χ0v) is 17.8. The highest BCUT2D eigenvalue weighted by atomic mass is 16.5. The Balaban J connectivity index is 2.01. The van der Waals surface area contributed by atoms with Crippen LogP contribution in [-0.2, 0) is 24.5 Å². The summed E-state index contributed by atoms with van der Waals surface area (Å²) < 4.78 is 10.4. The number of esters is 2. The molecule has 5 rings (SSSR count). The summed E-state index contributed by atoms with van der Waals surface area (Å²) in [5.41, 5.74) is 3.10. The molecule has 0 bridgehead atoms. The largest absolute Gasteiger partial charge is 0.466 e. The maximum atomic E-state index is 13.4. The van der Waals surface area contributed by atoms with Gasteiger partial charge in [-0.25, -0.2) is 14.6 Å². The highest BCUT2D eigenvalue weighted by molar-refractivity contribution is 6.08. The molecule has 2 aliphatic heterocycles. The summed E-state index contributed by atoms with van der Waals surface area (Å²) in [6, 6.07) is 16.0. The molecule has 0 radical (unpaired) electrons. The monoisotopic (exact) mass is 414 g/mol. The van der Waals surface area contributed by atoms with E-state index in [9.17, 15) is 9.59 Å². The Morgan fingerprint density at radius 3 is 2.00 bits per heavy atom. The number of hydrazone groups is 1. The molecular weight excluding hydrogens is 392 g/mol. The van der Waals surface area contributed by atoms with Crippen LogP contribution in [-0.4, -0.2) is 42.4 Å². The molecule has 2 aromatic rings. The molecule has 1 atom stereocenters. The fourth-order valence-corrected chi connectivity index (χ4v) is 5.44. The van der Waals surface area contributed by atoms with Crippen molar-refractivity contribution in [3.63, 3.8) is 0 Å². The molecule has 6 nitrogen and oxygen atoms in total. The van der Waals surface area contributed by atoms with Crippen LogP contribution in [0, 0.1) is 0 Å². The predicted molar refractivity (Wildman–Crippen MR) is 116 cm³/mol. The molecule has 0 fully saturated rings. The van der Waals surface area contributed by atoms with Crippen LogP contribution in [0.25, 0.3) is 11.1 Å². The van der Waals surface area contributed by atoms with E-state index < -0.39 is 22.9 Å². The molecule has 0 saturated heterocycles. The summed E-state index contributed by atoms with van der Waals surface area (Å²) in [5.74, 6) is -1.21. The number of carbonyl (C=O) groups excluding carboxylic acids is 2. The molecule has 0 aromatic heterocycles. The highest BCUT2D eigenvalue weighted by Crippen LogP contribution is 2.64. The zero-order chi connectivity index (χ0) is 22.0. The minimum atomic E-state index is -1.00. The molecule has 1 aliphatic carbocycles. The molecule has 2 aromatic carbocycles. The molecule has 2 heterocycles. The second kappa shape index (κ2) is 6.41. The van der Waals surface area contributed by atoms with Gasteiger partial charge < -0.3 is 9.47 Å². The van der Waals surface area contributed by atoms with E-state index in [0.717, 1.165) is 28.0 Å². The standard InChI is InChI=1S/C25H22N2O4/c1-15-13-14-24(2)25(20(22(28)30-3)21(23(29)31-4)27(24)26-15)18-11-7-5-9-16(18)17-10-6-8-12-19(17)25/h5-14H,1-4H3. The number of allylic oxidation sites excluding steroid dienone is 1. The van der Waals surface area contributed by atoms with Crippen molar-refractivity contribution in [1.29, 1.82) is 0 Å². The molecule has 0 N–H and O–H groups in total. The van der Waals surface area contributed by atoms with Gasteiger partial charge >= 0.3 is 11.9 Å². The molecule has 31 heavy (non-hydrogen) atoms. The van der Waals surface area contributed by atoms with Gasteiger partial charge in [-0.1, -0.05) is 54.6 Å². The molecule has 156 valence electrons. The van der Waals surface area contributed by atoms with Crippen LogP contribution >= 0.6 is 0 Å². The Labute approximate surface area is 180 Å². The van der Waals surface area contributed by atoms with Crippen LogP contribution in [0.15, 0.2) is 77.1 Å². The Bertz CT molecular complexity index is 1190. The van der Waals surface area contributed by atoms with Crippen molar-refractivity contribution in [3.05, 3.63) is 83.1 Å². The van der Waals surface area contributed by atoms with Crippen LogP contribution in [0.1, 0.15) is 25.0 Å². The summed E-state index contributed by atoms with van der Waals surface area (Å²) in [4.78, 5) is 26.5. The quantitative estimate of drug-likeness (QED) is 0.703. The average Bonchev–Trinajstić information content (AvgIpc) is 3.22. The highest BCUT2D eigenvalue weighted by Gasteiger charge is 2.68. The van der Waals surface area contributed by atoms with Gasteiger partial charge in [-0.15, -0.1) is 0 Å². The Hall–Kier alpha value is -3.67. The lowest BCUT2D eigenvalue weighted by atomic mass is 9.61. The van der Waals surface area contributed by atoms with Gasteiger partial charge in [0, 0.05) is 0 Å². The van der Waals surface area contributed by atoms with Crippen LogP contribution in [0.3, 0.4) is 0 Å². The van der Waals surface area contributed by atoms with E-state index >= 15 is 0 Å². The molecule has 0 amide bonds. The van der Waals surface area contributed by atoms with E-state index in [1.165, 1.54) is 14.2 Å². The number of hydrogen-bond acceptors (Lipinski definition) is 6. The summed E-state index contributed by atoms with van der Waals surface area (Å²) in [7, 11) is 2.63. The first-order valence-corrected chi connectivity index (χ1v) is 10.1. The Kier molecular flexibility index (Phi) is 3.99. The van der Waals surface area contributed by atoms with E-state index in [0.29, 0.717) is 0 Å². The summed E-state index contributed by atoms with van der Waals surface area (Å²) >= 11 is 0. The summed E-state index contributed by atoms with van der Waals surface area (Å²) in [5, 5.41) is 6.33. The third-order valence-electron chi connectivity index (χ3n) is 6.65. The third-order valence-corrected chi connectivity index (χ3v) is 6.65. The van der Waals surface area contributed by atoms with E-state index in [4.69, 9.17) is 14.6 Å². The van der Waals surface area contributed by atoms with Crippen LogP contribution in [0.5, 0.6) is 0 Å². The molecule has 1 spiro atoms. The Morgan fingerprint density at radius 1 is 0.903 bits per heavy atom. The number of methoxy groups -OCH3 is 2. The first-order valence-electron chi connectivity index (χ1n) is 10.1. The summed E-state index contributed by atoms with van der Waals surface area (Å²) in [6.45, 7) is 3.85. The van der Waals surface area contributed by atoms with Gasteiger partial charge in [-0.05, 0) is 42.2 Å². The SMILES string of the molecule is COC(=O)C1=C(C(=O)OC)C2(c3ccccc3-c3ccccc32)C2(C)C=CC(C)=NN12. The number of nitrogens with zero attached hydrogens (tertiary/aromatic N) is 2. The van der Waals surface area contributed by atoms with Crippen molar-refractivity contribution < 1.29 is 19.1 Å². The second-order valence-corrected chi connectivity index (χ2v) is 8.08. The van der Waals surface area contributed by atoms with E-state index in [1.807, 2.05) is 74.5 Å². The van der Waals surface area contributed by atoms with Crippen molar-refractivity contribution in [3.8, 4) is 11.1 Å². The number of rotatable bonds is 2. The van der Waals surface area contributed by atoms with E-state index in [1.54, 1.807) is 5.01 Å². The van der Waals surface area contributed by atoms with E-state index in [-0.39, 0.29) is 11.3 Å². The first-order chi connectivity index (χ1) is 14.9. The lowest BCUT2D eigenvalue weighted by molar-refractivity contribution is -0.140. The maximum Gasteiger partial charge on any atom is 0.356 e. The van der Waals surface area contributed by atoms with Crippen molar-refractivity contribution in [2.75, 3.05) is 14.2 Å². The van der Waals surface area contributed by atoms with Gasteiger partial charge in [-0.2, -0.15) is 5.10 Å². The third kappa shape index (κ3) is 2.14. The lowest BCUT2D eigenvalue weighted by Crippen LogP contribution is -2.55. The second-order valence-electron chi connectivity index (χ2n) is 8.08.